The molecule has 0 amide bonds. The summed E-state index contributed by atoms with van der Waals surface area (Å²) in [5.74, 6) is -0.945. The van der Waals surface area contributed by atoms with Gasteiger partial charge in [-0.25, -0.2) is 9.78 Å². The first-order chi connectivity index (χ1) is 9.65. The highest BCUT2D eigenvalue weighted by Crippen LogP contribution is 2.11. The van der Waals surface area contributed by atoms with Gasteiger partial charge in [0, 0.05) is 30.9 Å². The molecule has 1 saturated heterocycles. The summed E-state index contributed by atoms with van der Waals surface area (Å²) in [4.78, 5) is 17.4. The number of piperidine rings is 1. The molecule has 6 heteroatoms. The first-order valence-electron chi connectivity index (χ1n) is 7.28. The lowest BCUT2D eigenvalue weighted by atomic mass is 10.1. The fourth-order valence-corrected chi connectivity index (χ4v) is 3.32. The lowest BCUT2D eigenvalue weighted by molar-refractivity contribution is 0.0691. The van der Waals surface area contributed by atoms with Crippen molar-refractivity contribution in [1.29, 1.82) is 0 Å². The van der Waals surface area contributed by atoms with E-state index < -0.39 is 5.97 Å². The predicted octanol–water partition coefficient (Wildman–Crippen LogP) is 1.85. The molecule has 2 rings (SSSR count). The van der Waals surface area contributed by atoms with Gasteiger partial charge in [0.05, 0.1) is 5.01 Å². The molecule has 0 saturated carbocycles. The number of carboxylic acid groups (broad SMARTS) is 1. The molecular formula is C14H23N3O2S. The van der Waals surface area contributed by atoms with Crippen LogP contribution in [0.1, 0.15) is 41.7 Å². The van der Waals surface area contributed by atoms with Crippen molar-refractivity contribution in [3.8, 4) is 0 Å². The Hall–Kier alpha value is -0.980. The minimum Gasteiger partial charge on any atom is -0.476 e. The average molecular weight is 297 g/mol. The zero-order valence-corrected chi connectivity index (χ0v) is 12.8. The smallest absolute Gasteiger partial charge is 0.355 e. The molecule has 1 fully saturated rings. The molecule has 2 N–H and O–H groups in total. The second-order valence-corrected chi connectivity index (χ2v) is 6.34. The Kier molecular flexibility index (Phi) is 5.94. The van der Waals surface area contributed by atoms with Gasteiger partial charge < -0.3 is 15.3 Å². The van der Waals surface area contributed by atoms with Crippen LogP contribution in [0.3, 0.4) is 0 Å². The Labute approximate surface area is 124 Å². The van der Waals surface area contributed by atoms with E-state index >= 15 is 0 Å². The molecule has 20 heavy (non-hydrogen) atoms. The highest BCUT2D eigenvalue weighted by molar-refractivity contribution is 7.09. The van der Waals surface area contributed by atoms with Crippen LogP contribution in [0.5, 0.6) is 0 Å². The van der Waals surface area contributed by atoms with Crippen LogP contribution < -0.4 is 5.32 Å². The molecule has 1 aromatic rings. The quantitative estimate of drug-likeness (QED) is 0.804. The molecule has 5 nitrogen and oxygen atoms in total. The molecule has 0 unspecified atom stereocenters. The van der Waals surface area contributed by atoms with Gasteiger partial charge in [-0.3, -0.25) is 0 Å². The number of carbonyl (C=O) groups is 1. The van der Waals surface area contributed by atoms with E-state index in [-0.39, 0.29) is 5.69 Å². The van der Waals surface area contributed by atoms with E-state index in [0.29, 0.717) is 6.04 Å². The van der Waals surface area contributed by atoms with Crippen molar-refractivity contribution in [2.75, 3.05) is 26.2 Å². The van der Waals surface area contributed by atoms with Gasteiger partial charge >= 0.3 is 5.97 Å². The Morgan fingerprint density at radius 1 is 1.50 bits per heavy atom. The summed E-state index contributed by atoms with van der Waals surface area (Å²) in [7, 11) is 0. The summed E-state index contributed by atoms with van der Waals surface area (Å²) in [5.41, 5.74) is 0.159. The lowest BCUT2D eigenvalue weighted by Crippen LogP contribution is -2.42. The predicted molar refractivity (Wildman–Crippen MR) is 80.5 cm³/mol. The van der Waals surface area contributed by atoms with Gasteiger partial charge in [-0.15, -0.1) is 11.3 Å². The zero-order valence-electron chi connectivity index (χ0n) is 12.0. The highest BCUT2D eigenvalue weighted by Gasteiger charge is 2.13. The minimum atomic E-state index is -0.945. The number of thiazole rings is 1. The lowest BCUT2D eigenvalue weighted by Gasteiger charge is -2.29. The molecule has 1 aliphatic heterocycles. The molecule has 1 atom stereocenters. The van der Waals surface area contributed by atoms with Crippen LogP contribution in [0.4, 0.5) is 0 Å². The molecule has 0 aromatic carbocycles. The van der Waals surface area contributed by atoms with E-state index in [9.17, 15) is 4.79 Å². The maximum absolute atomic E-state index is 10.7. The minimum absolute atomic E-state index is 0.159. The Balaban J connectivity index is 1.65. The average Bonchev–Trinajstić information content (AvgIpc) is 2.89. The third kappa shape index (κ3) is 4.85. The van der Waals surface area contributed by atoms with E-state index in [2.05, 4.69) is 22.1 Å². The van der Waals surface area contributed by atoms with E-state index in [0.717, 1.165) is 24.5 Å². The third-order valence-corrected chi connectivity index (χ3v) is 4.49. The number of aromatic nitrogens is 1. The standard InChI is InChI=1S/C14H23N3O2S/c1-11(9-17-7-3-2-4-8-17)15-6-5-13-16-12(10-20-13)14(18)19/h10-11,15H,2-9H2,1H3,(H,18,19)/t11-/m0/s1. The van der Waals surface area contributed by atoms with E-state index in [1.165, 1.54) is 43.7 Å². The first kappa shape index (κ1) is 15.4. The summed E-state index contributed by atoms with van der Waals surface area (Å²) in [5, 5.41) is 14.8. The van der Waals surface area contributed by atoms with Crippen LogP contribution >= 0.6 is 11.3 Å². The monoisotopic (exact) mass is 297 g/mol. The normalized spacial score (nSPS) is 18.1. The van der Waals surface area contributed by atoms with Crippen LogP contribution in [0.2, 0.25) is 0 Å². The van der Waals surface area contributed by atoms with Crippen LogP contribution in [0, 0.1) is 0 Å². The Morgan fingerprint density at radius 3 is 2.90 bits per heavy atom. The maximum Gasteiger partial charge on any atom is 0.355 e. The zero-order chi connectivity index (χ0) is 14.4. The molecule has 0 bridgehead atoms. The van der Waals surface area contributed by atoms with Gasteiger partial charge in [0.15, 0.2) is 5.69 Å². The number of carboxylic acids is 1. The van der Waals surface area contributed by atoms with Gasteiger partial charge in [0.25, 0.3) is 0 Å². The molecule has 0 radical (unpaired) electrons. The van der Waals surface area contributed by atoms with Crippen molar-refractivity contribution in [3.05, 3.63) is 16.1 Å². The molecule has 1 aliphatic rings. The fraction of sp³-hybridized carbons (Fsp3) is 0.714. The number of hydrogen-bond donors (Lipinski definition) is 2. The van der Waals surface area contributed by atoms with E-state index in [4.69, 9.17) is 5.11 Å². The van der Waals surface area contributed by atoms with Crippen molar-refractivity contribution in [2.45, 2.75) is 38.6 Å². The van der Waals surface area contributed by atoms with Crippen LogP contribution in [-0.4, -0.2) is 53.2 Å². The Bertz CT molecular complexity index is 430. The first-order valence-corrected chi connectivity index (χ1v) is 8.16. The van der Waals surface area contributed by atoms with Crippen molar-refractivity contribution in [3.63, 3.8) is 0 Å². The summed E-state index contributed by atoms with van der Waals surface area (Å²) < 4.78 is 0. The van der Waals surface area contributed by atoms with Crippen molar-refractivity contribution in [1.82, 2.24) is 15.2 Å². The van der Waals surface area contributed by atoms with Crippen molar-refractivity contribution < 1.29 is 9.90 Å². The van der Waals surface area contributed by atoms with E-state index in [1.807, 2.05) is 0 Å². The fourth-order valence-electron chi connectivity index (χ4n) is 2.54. The van der Waals surface area contributed by atoms with Gasteiger partial charge in [-0.1, -0.05) is 6.42 Å². The molecule has 0 aliphatic carbocycles. The van der Waals surface area contributed by atoms with Gasteiger partial charge in [0.1, 0.15) is 0 Å². The van der Waals surface area contributed by atoms with Crippen molar-refractivity contribution in [2.24, 2.45) is 0 Å². The molecule has 112 valence electrons. The second kappa shape index (κ2) is 7.71. The van der Waals surface area contributed by atoms with Gasteiger partial charge in [-0.05, 0) is 32.9 Å². The number of aromatic carboxylic acids is 1. The number of rotatable bonds is 7. The Morgan fingerprint density at radius 2 is 2.25 bits per heavy atom. The van der Waals surface area contributed by atoms with Crippen LogP contribution in [-0.2, 0) is 6.42 Å². The summed E-state index contributed by atoms with van der Waals surface area (Å²) in [6, 6.07) is 0.465. The second-order valence-electron chi connectivity index (χ2n) is 5.40. The number of hydrogen-bond acceptors (Lipinski definition) is 5. The SMILES string of the molecule is C[C@@H](CN1CCCCC1)NCCc1nc(C(=O)O)cs1. The van der Waals surface area contributed by atoms with E-state index in [1.54, 1.807) is 5.38 Å². The molecule has 0 spiro atoms. The van der Waals surface area contributed by atoms with Crippen molar-refractivity contribution >= 4 is 17.3 Å². The largest absolute Gasteiger partial charge is 0.476 e. The summed E-state index contributed by atoms with van der Waals surface area (Å²) >= 11 is 1.42. The molecule has 2 heterocycles. The number of nitrogens with one attached hydrogen (secondary N) is 1. The van der Waals surface area contributed by atoms with Crippen LogP contribution in [0.15, 0.2) is 5.38 Å². The highest BCUT2D eigenvalue weighted by atomic mass is 32.1. The van der Waals surface area contributed by atoms with Crippen LogP contribution in [0.25, 0.3) is 0 Å². The molecule has 1 aromatic heterocycles. The van der Waals surface area contributed by atoms with Gasteiger partial charge in [0.2, 0.25) is 0 Å². The molecular weight excluding hydrogens is 274 g/mol. The van der Waals surface area contributed by atoms with Gasteiger partial charge in [-0.2, -0.15) is 0 Å². The summed E-state index contributed by atoms with van der Waals surface area (Å²) in [6.45, 7) is 6.60. The topological polar surface area (TPSA) is 65.5 Å². The third-order valence-electron chi connectivity index (χ3n) is 3.58. The number of likely N-dealkylation sites (tertiary alicyclic amines) is 1. The maximum atomic E-state index is 10.7. The number of nitrogens with zero attached hydrogens (tertiary/aromatic N) is 2. The summed E-state index contributed by atoms with van der Waals surface area (Å²) in [6.07, 6.45) is 4.81.